The van der Waals surface area contributed by atoms with Gasteiger partial charge in [0.05, 0.1) is 16.9 Å². The maximum Gasteiger partial charge on any atom is 0.258 e. The summed E-state index contributed by atoms with van der Waals surface area (Å²) in [5.74, 6) is -1.15. The Morgan fingerprint density at radius 3 is 2.89 bits per heavy atom. The van der Waals surface area contributed by atoms with Gasteiger partial charge in [-0.2, -0.15) is 0 Å². The van der Waals surface area contributed by atoms with Crippen molar-refractivity contribution in [3.05, 3.63) is 53.6 Å². The first-order valence-electron chi connectivity index (χ1n) is 5.36. The molecule has 0 fully saturated rings. The van der Waals surface area contributed by atoms with Gasteiger partial charge in [0, 0.05) is 11.9 Å². The fraction of sp³-hybridized carbons (Fsp3) is 0.0769. The molecule has 0 aliphatic rings. The number of nitrogen functional groups attached to an aromatic ring is 1. The largest absolute Gasteiger partial charge is 0.399 e. The summed E-state index contributed by atoms with van der Waals surface area (Å²) >= 11 is 0. The molecule has 1 aromatic heterocycles. The number of pyridine rings is 1. The fourth-order valence-corrected chi connectivity index (χ4v) is 1.52. The first kappa shape index (κ1) is 12.0. The van der Waals surface area contributed by atoms with Gasteiger partial charge in [0.2, 0.25) is 0 Å². The Balaban J connectivity index is 2.28. The van der Waals surface area contributed by atoms with E-state index < -0.39 is 11.7 Å². The first-order valence-corrected chi connectivity index (χ1v) is 5.36. The zero-order valence-electron chi connectivity index (χ0n) is 9.77. The number of nitrogens with two attached hydrogens (primary N) is 1. The lowest BCUT2D eigenvalue weighted by atomic mass is 10.1. The maximum atomic E-state index is 13.5. The molecule has 2 rings (SSSR count). The molecule has 1 heterocycles. The molecule has 0 aliphatic heterocycles. The zero-order valence-corrected chi connectivity index (χ0v) is 9.77. The number of hydrogen-bond donors (Lipinski definition) is 2. The van der Waals surface area contributed by atoms with Gasteiger partial charge >= 0.3 is 0 Å². The van der Waals surface area contributed by atoms with Gasteiger partial charge in [-0.1, -0.05) is 0 Å². The smallest absolute Gasteiger partial charge is 0.258 e. The quantitative estimate of drug-likeness (QED) is 0.798. The average Bonchev–Trinajstić information content (AvgIpc) is 2.35. The summed E-state index contributed by atoms with van der Waals surface area (Å²) in [4.78, 5) is 15.9. The predicted molar refractivity (Wildman–Crippen MR) is 67.7 cm³/mol. The van der Waals surface area contributed by atoms with Crippen molar-refractivity contribution >= 4 is 17.3 Å². The van der Waals surface area contributed by atoms with E-state index in [1.54, 1.807) is 25.3 Å². The number of nitrogens with one attached hydrogen (secondary N) is 1. The highest BCUT2D eigenvalue weighted by molar-refractivity contribution is 6.05. The van der Waals surface area contributed by atoms with Gasteiger partial charge in [-0.15, -0.1) is 0 Å². The van der Waals surface area contributed by atoms with Crippen molar-refractivity contribution in [1.29, 1.82) is 0 Å². The van der Waals surface area contributed by atoms with Gasteiger partial charge in [0.15, 0.2) is 0 Å². The lowest BCUT2D eigenvalue weighted by Crippen LogP contribution is -2.15. The van der Waals surface area contributed by atoms with Crippen LogP contribution in [0.3, 0.4) is 0 Å². The molecule has 92 valence electrons. The number of rotatable bonds is 2. The Morgan fingerprint density at radius 2 is 2.17 bits per heavy atom. The van der Waals surface area contributed by atoms with Gasteiger partial charge in [0.1, 0.15) is 5.82 Å². The van der Waals surface area contributed by atoms with Crippen molar-refractivity contribution in [1.82, 2.24) is 4.98 Å². The second kappa shape index (κ2) is 4.83. The molecule has 0 spiro atoms. The second-order valence-corrected chi connectivity index (χ2v) is 3.83. The average molecular weight is 245 g/mol. The number of carbonyl (C=O) groups excluding carboxylic acids is 1. The molecule has 0 radical (unpaired) electrons. The summed E-state index contributed by atoms with van der Waals surface area (Å²) in [6.07, 6.45) is 1.62. The highest BCUT2D eigenvalue weighted by atomic mass is 19.1. The lowest BCUT2D eigenvalue weighted by molar-refractivity contribution is 0.102. The number of nitrogens with zero attached hydrogens (tertiary/aromatic N) is 1. The Morgan fingerprint density at radius 1 is 1.39 bits per heavy atom. The minimum Gasteiger partial charge on any atom is -0.399 e. The van der Waals surface area contributed by atoms with E-state index in [2.05, 4.69) is 10.3 Å². The molecule has 0 saturated heterocycles. The van der Waals surface area contributed by atoms with Crippen LogP contribution in [-0.2, 0) is 0 Å². The number of hydrogen-bond acceptors (Lipinski definition) is 3. The summed E-state index contributed by atoms with van der Waals surface area (Å²) in [5.41, 5.74) is 6.99. The van der Waals surface area contributed by atoms with Crippen molar-refractivity contribution in [2.75, 3.05) is 11.1 Å². The molecule has 0 unspecified atom stereocenters. The molecule has 0 aliphatic carbocycles. The van der Waals surface area contributed by atoms with E-state index >= 15 is 0 Å². The molecule has 2 aromatic rings. The van der Waals surface area contributed by atoms with Crippen LogP contribution in [-0.4, -0.2) is 10.9 Å². The Bertz CT molecular complexity index is 599. The number of amides is 1. The molecule has 5 heteroatoms. The maximum absolute atomic E-state index is 13.5. The molecule has 0 atom stereocenters. The fourth-order valence-electron chi connectivity index (χ4n) is 1.52. The van der Waals surface area contributed by atoms with Crippen LogP contribution in [0, 0.1) is 12.7 Å². The van der Waals surface area contributed by atoms with Crippen molar-refractivity contribution in [3.8, 4) is 0 Å². The van der Waals surface area contributed by atoms with Crippen LogP contribution in [0.15, 0.2) is 36.5 Å². The highest BCUT2D eigenvalue weighted by Crippen LogP contribution is 2.16. The van der Waals surface area contributed by atoms with E-state index in [0.29, 0.717) is 17.1 Å². The predicted octanol–water partition coefficient (Wildman–Crippen LogP) is 2.36. The first-order chi connectivity index (χ1) is 8.58. The van der Waals surface area contributed by atoms with Crippen molar-refractivity contribution in [3.63, 3.8) is 0 Å². The topological polar surface area (TPSA) is 68.0 Å². The third-order valence-electron chi connectivity index (χ3n) is 2.49. The van der Waals surface area contributed by atoms with Gasteiger partial charge in [-0.3, -0.25) is 9.78 Å². The molecular formula is C13H12FN3O. The number of carbonyl (C=O) groups is 1. The van der Waals surface area contributed by atoms with Crippen molar-refractivity contribution < 1.29 is 9.18 Å². The van der Waals surface area contributed by atoms with Gasteiger partial charge in [-0.05, 0) is 37.3 Å². The molecule has 1 aromatic carbocycles. The number of aryl methyl sites for hydroxylation is 1. The molecule has 1 amide bonds. The standard InChI is InChI=1S/C13H12FN3O/c1-8-12(3-2-6-16-8)17-13(18)10-7-9(15)4-5-11(10)14/h2-7H,15H2,1H3,(H,17,18). The van der Waals surface area contributed by atoms with Crippen LogP contribution in [0.4, 0.5) is 15.8 Å². The molecule has 18 heavy (non-hydrogen) atoms. The SMILES string of the molecule is Cc1ncccc1NC(=O)c1cc(N)ccc1F. The van der Waals surface area contributed by atoms with Crippen LogP contribution in [0.25, 0.3) is 0 Å². The summed E-state index contributed by atoms with van der Waals surface area (Å²) in [6, 6.07) is 7.26. The van der Waals surface area contributed by atoms with Crippen molar-refractivity contribution in [2.24, 2.45) is 0 Å². The van der Waals surface area contributed by atoms with Gasteiger partial charge in [-0.25, -0.2) is 4.39 Å². The van der Waals surface area contributed by atoms with Crippen LogP contribution in [0.2, 0.25) is 0 Å². The molecule has 4 nitrogen and oxygen atoms in total. The van der Waals surface area contributed by atoms with E-state index in [9.17, 15) is 9.18 Å². The minimum absolute atomic E-state index is 0.0850. The van der Waals surface area contributed by atoms with Crippen LogP contribution in [0.1, 0.15) is 16.1 Å². The van der Waals surface area contributed by atoms with Crippen LogP contribution >= 0.6 is 0 Å². The van der Waals surface area contributed by atoms with E-state index in [1.807, 2.05) is 0 Å². The third kappa shape index (κ3) is 2.45. The molecule has 0 saturated carbocycles. The van der Waals surface area contributed by atoms with E-state index in [-0.39, 0.29) is 5.56 Å². The Labute approximate surface area is 104 Å². The molecule has 3 N–H and O–H groups in total. The van der Waals surface area contributed by atoms with Gasteiger partial charge in [0.25, 0.3) is 5.91 Å². The summed E-state index contributed by atoms with van der Waals surface area (Å²) in [7, 11) is 0. The number of halogens is 1. The summed E-state index contributed by atoms with van der Waals surface area (Å²) in [6.45, 7) is 1.76. The van der Waals surface area contributed by atoms with Crippen molar-refractivity contribution in [2.45, 2.75) is 6.92 Å². The van der Waals surface area contributed by atoms with Crippen LogP contribution in [0.5, 0.6) is 0 Å². The monoisotopic (exact) mass is 245 g/mol. The minimum atomic E-state index is -0.608. The highest BCUT2D eigenvalue weighted by Gasteiger charge is 2.13. The van der Waals surface area contributed by atoms with E-state index in [0.717, 1.165) is 0 Å². The zero-order chi connectivity index (χ0) is 13.1. The van der Waals surface area contributed by atoms with E-state index in [1.165, 1.54) is 18.2 Å². The molecule has 0 bridgehead atoms. The lowest BCUT2D eigenvalue weighted by Gasteiger charge is -2.08. The Kier molecular flexibility index (Phi) is 3.23. The van der Waals surface area contributed by atoms with Gasteiger partial charge < -0.3 is 11.1 Å². The second-order valence-electron chi connectivity index (χ2n) is 3.83. The normalized spacial score (nSPS) is 10.1. The van der Waals surface area contributed by atoms with Crippen LogP contribution < -0.4 is 11.1 Å². The summed E-state index contributed by atoms with van der Waals surface area (Å²) in [5, 5.41) is 2.60. The third-order valence-corrected chi connectivity index (χ3v) is 2.49. The van der Waals surface area contributed by atoms with E-state index in [4.69, 9.17) is 5.73 Å². The molecular weight excluding hydrogens is 233 g/mol. The number of aromatic nitrogens is 1. The number of benzene rings is 1. The summed E-state index contributed by atoms with van der Waals surface area (Å²) < 4.78 is 13.5. The number of anilines is 2. The Hall–Kier alpha value is -2.43.